The van der Waals surface area contributed by atoms with Crippen molar-refractivity contribution in [3.63, 3.8) is 0 Å². The van der Waals surface area contributed by atoms with Crippen molar-refractivity contribution >= 4 is 27.3 Å². The Morgan fingerprint density at radius 1 is 1.50 bits per heavy atom. The van der Waals surface area contributed by atoms with E-state index in [-0.39, 0.29) is 35.4 Å². The number of aromatic nitrogens is 2. The van der Waals surface area contributed by atoms with Gasteiger partial charge in [-0.15, -0.1) is 11.3 Å². The number of hydrogen-bond donors (Lipinski definition) is 0. The molecule has 2 rings (SSSR count). The lowest BCUT2D eigenvalue weighted by atomic mass is 10.4. The van der Waals surface area contributed by atoms with Crippen LogP contribution in [0.5, 0.6) is 0 Å². The molecule has 0 saturated carbocycles. The van der Waals surface area contributed by atoms with E-state index in [2.05, 4.69) is 25.9 Å². The van der Waals surface area contributed by atoms with Gasteiger partial charge in [-0.25, -0.2) is 4.98 Å². The number of thiazole rings is 1. The third-order valence-corrected chi connectivity index (χ3v) is 2.51. The summed E-state index contributed by atoms with van der Waals surface area (Å²) in [5.41, 5.74) is 0.0696. The number of nitrogens with zero attached hydrogens (tertiary/aromatic N) is 2. The predicted molar refractivity (Wildman–Crippen MR) is 53.0 cm³/mol. The van der Waals surface area contributed by atoms with Crippen LogP contribution in [0.1, 0.15) is 6.85 Å². The molecule has 2 nitrogen and oxygen atoms in total. The Bertz CT molecular complexity index is 581. The first-order valence-electron chi connectivity index (χ1n) is 5.49. The second kappa shape index (κ2) is 3.33. The van der Waals surface area contributed by atoms with Crippen LogP contribution in [0.4, 0.5) is 0 Å². The first-order chi connectivity index (χ1) is 7.91. The fraction of sp³-hybridized carbons (Fsp3) is 0. The molecule has 0 atom stereocenters. The van der Waals surface area contributed by atoms with Crippen molar-refractivity contribution in [2.45, 2.75) is 0 Å². The zero-order chi connectivity index (χ0) is 12.7. The van der Waals surface area contributed by atoms with E-state index in [9.17, 15) is 0 Å². The summed E-state index contributed by atoms with van der Waals surface area (Å²) in [7, 11) is 0. The number of hydrogen-bond acceptors (Lipinski definition) is 3. The molecule has 0 aromatic carbocycles. The average molecular weight is 246 g/mol. The fourth-order valence-corrected chi connectivity index (χ4v) is 1.75. The van der Waals surface area contributed by atoms with Gasteiger partial charge in [0.25, 0.3) is 0 Å². The summed E-state index contributed by atoms with van der Waals surface area (Å²) >= 11 is 4.08. The van der Waals surface area contributed by atoms with Gasteiger partial charge in [-0.2, -0.15) is 0 Å². The van der Waals surface area contributed by atoms with Gasteiger partial charge in [0.05, 0.1) is 12.5 Å². The van der Waals surface area contributed by atoms with Crippen molar-refractivity contribution in [3.8, 4) is 10.7 Å². The highest BCUT2D eigenvalue weighted by Gasteiger charge is 2.01. The van der Waals surface area contributed by atoms with Gasteiger partial charge in [0.1, 0.15) is 9.61 Å². The zero-order valence-electron chi connectivity index (χ0n) is 10.7. The van der Waals surface area contributed by atoms with E-state index < -0.39 is 0 Å². The first kappa shape index (κ1) is 3.98. The molecule has 0 fully saturated rings. The predicted octanol–water partition coefficient (Wildman–Crippen LogP) is 2.97. The molecule has 0 aliphatic carbocycles. The number of rotatable bonds is 1. The quantitative estimate of drug-likeness (QED) is 0.773. The number of halogens is 1. The minimum absolute atomic E-state index is 0.0696. The lowest BCUT2D eigenvalue weighted by Crippen LogP contribution is -1.78. The summed E-state index contributed by atoms with van der Waals surface area (Å²) in [5.74, 6) is 0. The first-order valence-corrected chi connectivity index (χ1v) is 4.60. The molecule has 0 saturated heterocycles. The Hall–Kier alpha value is -0.740. The topological polar surface area (TPSA) is 25.8 Å². The van der Waals surface area contributed by atoms with Crippen molar-refractivity contribution in [1.29, 1.82) is 0 Å². The zero-order valence-corrected chi connectivity index (χ0v) is 8.08. The molecule has 12 heavy (non-hydrogen) atoms. The molecule has 2 heterocycles. The minimum atomic E-state index is -0.375. The Morgan fingerprint density at radius 2 is 2.42 bits per heavy atom. The van der Waals surface area contributed by atoms with Crippen LogP contribution < -0.4 is 0 Å². The van der Waals surface area contributed by atoms with Gasteiger partial charge in [0, 0.05) is 11.5 Å². The van der Waals surface area contributed by atoms with Gasteiger partial charge >= 0.3 is 0 Å². The Morgan fingerprint density at radius 3 is 3.17 bits per heavy atom. The lowest BCUT2D eigenvalue weighted by molar-refractivity contribution is 1.28. The van der Waals surface area contributed by atoms with Crippen LogP contribution in [-0.4, -0.2) is 9.97 Å². The van der Waals surface area contributed by atoms with E-state index in [0.717, 1.165) is 11.3 Å². The normalized spacial score (nSPS) is 15.9. The second-order valence-electron chi connectivity index (χ2n) is 1.86. The molecule has 0 radical (unpaired) electrons. The smallest absolute Gasteiger partial charge is 0.143 e. The van der Waals surface area contributed by atoms with E-state index in [1.165, 1.54) is 0 Å². The van der Waals surface area contributed by atoms with Gasteiger partial charge < -0.3 is 0 Å². The lowest BCUT2D eigenvalue weighted by Gasteiger charge is -1.91. The van der Waals surface area contributed by atoms with Crippen LogP contribution in [0.25, 0.3) is 10.7 Å². The second-order valence-corrected chi connectivity index (χ2v) is 3.41. The summed E-state index contributed by atoms with van der Waals surface area (Å²) in [4.78, 5) is 7.76. The van der Waals surface area contributed by atoms with Gasteiger partial charge in [-0.1, -0.05) is 6.04 Å². The summed E-state index contributed by atoms with van der Waals surface area (Å²) in [6.07, 6.45) is -0.362. The molecule has 2 aromatic rings. The SMILES string of the molecule is [2H]c1nc(-c2nc(Br)c([2H])s2)c([2H])c([2H])c1[2H]. The minimum Gasteiger partial charge on any atom is -0.254 e. The summed E-state index contributed by atoms with van der Waals surface area (Å²) in [5, 5.41) is 0.489. The Kier molecular flexibility index (Phi) is 1.10. The van der Waals surface area contributed by atoms with E-state index in [1.54, 1.807) is 0 Å². The van der Waals surface area contributed by atoms with E-state index in [0.29, 0.717) is 9.61 Å². The fourth-order valence-electron chi connectivity index (χ4n) is 0.658. The van der Waals surface area contributed by atoms with E-state index in [4.69, 9.17) is 6.85 Å². The molecule has 0 aliphatic rings. The van der Waals surface area contributed by atoms with Crippen molar-refractivity contribution in [2.75, 3.05) is 0 Å². The third kappa shape index (κ3) is 1.54. The van der Waals surface area contributed by atoms with E-state index >= 15 is 0 Å². The van der Waals surface area contributed by atoms with Crippen molar-refractivity contribution in [2.24, 2.45) is 0 Å². The summed E-state index contributed by atoms with van der Waals surface area (Å²) in [6.45, 7) is 0. The summed E-state index contributed by atoms with van der Waals surface area (Å²) in [6, 6.07) is -0.967. The molecule has 4 heteroatoms. The van der Waals surface area contributed by atoms with Crippen LogP contribution in [-0.2, 0) is 0 Å². The van der Waals surface area contributed by atoms with E-state index in [1.807, 2.05) is 0 Å². The number of pyridine rings is 1. The molecule has 0 aliphatic heterocycles. The monoisotopic (exact) mass is 245 g/mol. The Balaban J connectivity index is 2.68. The maximum Gasteiger partial charge on any atom is 0.143 e. The highest BCUT2D eigenvalue weighted by atomic mass is 79.9. The maximum absolute atomic E-state index is 7.69. The van der Waals surface area contributed by atoms with Gasteiger partial charge in [-0.3, -0.25) is 4.98 Å². The molecular formula is C8H5BrN2S. The average Bonchev–Trinajstić information content (AvgIpc) is 2.61. The molecular weight excluding hydrogens is 236 g/mol. The van der Waals surface area contributed by atoms with Gasteiger partial charge in [-0.05, 0) is 28.0 Å². The highest BCUT2D eigenvalue weighted by Crippen LogP contribution is 2.23. The third-order valence-electron chi connectivity index (χ3n) is 1.10. The maximum atomic E-state index is 7.69. The molecule has 0 amide bonds. The standard InChI is InChI=1S/C8H5BrN2S/c9-7-5-12-8(11-7)6-3-1-2-4-10-6/h1-5H/i1D,2D,3D,4D,5D. The highest BCUT2D eigenvalue weighted by molar-refractivity contribution is 9.10. The van der Waals surface area contributed by atoms with Crippen molar-refractivity contribution < 1.29 is 6.85 Å². The summed E-state index contributed by atoms with van der Waals surface area (Å²) < 4.78 is 37.8. The molecule has 0 unspecified atom stereocenters. The van der Waals surface area contributed by atoms with Crippen LogP contribution in [0.3, 0.4) is 0 Å². The van der Waals surface area contributed by atoms with Crippen LogP contribution in [0, 0.1) is 0 Å². The van der Waals surface area contributed by atoms with Gasteiger partial charge in [0.2, 0.25) is 0 Å². The van der Waals surface area contributed by atoms with Crippen molar-refractivity contribution in [1.82, 2.24) is 9.97 Å². The molecule has 0 bridgehead atoms. The van der Waals surface area contributed by atoms with Crippen LogP contribution in [0.2, 0.25) is 0 Å². The Labute approximate surface area is 89.5 Å². The van der Waals surface area contributed by atoms with Crippen LogP contribution >= 0.6 is 27.3 Å². The van der Waals surface area contributed by atoms with Crippen molar-refractivity contribution in [3.05, 3.63) is 34.3 Å². The van der Waals surface area contributed by atoms with Gasteiger partial charge in [0.15, 0.2) is 0 Å². The largest absolute Gasteiger partial charge is 0.254 e. The molecule has 60 valence electrons. The molecule has 2 aromatic heterocycles. The van der Waals surface area contributed by atoms with Crippen LogP contribution in [0.15, 0.2) is 34.3 Å². The molecule has 0 spiro atoms. The molecule has 0 N–H and O–H groups in total.